The first kappa shape index (κ1) is 21.9. The normalized spacial score (nSPS) is 18.9. The third kappa shape index (κ3) is 5.04. The second-order valence-corrected chi connectivity index (χ2v) is 7.46. The van der Waals surface area contributed by atoms with Gasteiger partial charge in [0.1, 0.15) is 17.9 Å². The van der Waals surface area contributed by atoms with Crippen molar-refractivity contribution in [3.63, 3.8) is 0 Å². The highest BCUT2D eigenvalue weighted by Gasteiger charge is 2.34. The molecule has 0 aliphatic carbocycles. The number of benzene rings is 1. The van der Waals surface area contributed by atoms with Crippen LogP contribution in [0.1, 0.15) is 28.8 Å². The van der Waals surface area contributed by atoms with E-state index >= 15 is 0 Å². The number of aromatic amines is 1. The number of phenols is 1. The van der Waals surface area contributed by atoms with Crippen LogP contribution in [-0.4, -0.2) is 51.2 Å². The molecule has 0 amide bonds. The van der Waals surface area contributed by atoms with E-state index in [1.54, 1.807) is 30.5 Å². The smallest absolute Gasteiger partial charge is 0.142 e. The predicted octanol–water partition coefficient (Wildman–Crippen LogP) is 2.60. The molecule has 0 bridgehead atoms. The number of allylic oxidation sites excluding steroid dienone is 1. The molecule has 1 aromatic carbocycles. The van der Waals surface area contributed by atoms with Gasteiger partial charge >= 0.3 is 0 Å². The van der Waals surface area contributed by atoms with Gasteiger partial charge in [0, 0.05) is 53.9 Å². The first-order valence-electron chi connectivity index (χ1n) is 9.92. The molecule has 6 N–H and O–H groups in total. The van der Waals surface area contributed by atoms with Crippen LogP contribution >= 0.6 is 0 Å². The zero-order chi connectivity index (χ0) is 22.4. The van der Waals surface area contributed by atoms with E-state index in [0.717, 1.165) is 24.3 Å². The summed E-state index contributed by atoms with van der Waals surface area (Å²) in [6, 6.07) is 11.2. The summed E-state index contributed by atoms with van der Waals surface area (Å²) in [4.78, 5) is 14.7. The van der Waals surface area contributed by atoms with Crippen LogP contribution in [0.25, 0.3) is 11.8 Å². The lowest BCUT2D eigenvalue weighted by Gasteiger charge is -2.17. The number of likely N-dealkylation sites (N-methyl/N-ethyl adjacent to an activating group) is 1. The maximum absolute atomic E-state index is 10.0. The molecule has 162 valence electrons. The average Bonchev–Trinajstić information content (AvgIpc) is 3.49. The molecule has 2 aromatic heterocycles. The van der Waals surface area contributed by atoms with Gasteiger partial charge in [0.15, 0.2) is 0 Å². The van der Waals surface area contributed by atoms with Gasteiger partial charge in [-0.3, -0.25) is 9.48 Å². The van der Waals surface area contributed by atoms with Gasteiger partial charge in [-0.15, -0.1) is 0 Å². The molecule has 3 heterocycles. The fourth-order valence-corrected chi connectivity index (χ4v) is 3.82. The fraction of sp³-hybridized carbons (Fsp3) is 0.217. The van der Waals surface area contributed by atoms with Gasteiger partial charge in [-0.05, 0) is 43.5 Å². The zero-order valence-corrected chi connectivity index (χ0v) is 17.5. The van der Waals surface area contributed by atoms with E-state index in [0.29, 0.717) is 23.4 Å². The quantitative estimate of drug-likeness (QED) is 0.371. The van der Waals surface area contributed by atoms with Gasteiger partial charge in [0.05, 0.1) is 6.04 Å². The molecule has 1 fully saturated rings. The Kier molecular flexibility index (Phi) is 6.94. The third-order valence-corrected chi connectivity index (χ3v) is 5.26. The average molecular weight is 421 g/mol. The van der Waals surface area contributed by atoms with Crippen LogP contribution in [0.3, 0.4) is 0 Å². The number of nitrogens with one attached hydrogen (secondary N) is 1. The van der Waals surface area contributed by atoms with Gasteiger partial charge in [0.25, 0.3) is 0 Å². The number of carbonyl (C=O) groups excluding carboxylic acids is 1. The van der Waals surface area contributed by atoms with Crippen molar-refractivity contribution in [1.82, 2.24) is 19.7 Å². The molecular weight excluding hydrogens is 392 g/mol. The topological polar surface area (TPSA) is 126 Å². The Morgan fingerprint density at radius 2 is 2.06 bits per heavy atom. The van der Waals surface area contributed by atoms with Crippen LogP contribution in [0.2, 0.25) is 0 Å². The molecule has 1 saturated heterocycles. The number of likely N-dealkylation sites (tertiary alicyclic amines) is 1. The fourth-order valence-electron chi connectivity index (χ4n) is 3.82. The van der Waals surface area contributed by atoms with E-state index in [4.69, 9.17) is 16.3 Å². The zero-order valence-electron chi connectivity index (χ0n) is 17.5. The SMILES string of the molecule is C=CC=O.CN1CC(c2cc(/C=C(\N)c3ccccc3O)c(N)[nH]2)C(n2cccn2)C1. The van der Waals surface area contributed by atoms with E-state index < -0.39 is 0 Å². The Labute approximate surface area is 181 Å². The van der Waals surface area contributed by atoms with Gasteiger partial charge in [-0.2, -0.15) is 5.10 Å². The minimum atomic E-state index is 0.150. The molecule has 1 aliphatic rings. The summed E-state index contributed by atoms with van der Waals surface area (Å²) in [5, 5.41) is 14.4. The van der Waals surface area contributed by atoms with Crippen molar-refractivity contribution in [3.8, 4) is 5.75 Å². The molecule has 2 unspecified atom stereocenters. The largest absolute Gasteiger partial charge is 0.507 e. The first-order valence-corrected chi connectivity index (χ1v) is 9.92. The number of rotatable bonds is 5. The number of phenolic OH excluding ortho intramolecular Hbond substituents is 1. The summed E-state index contributed by atoms with van der Waals surface area (Å²) in [5.74, 6) is 0.972. The Bertz CT molecular complexity index is 1050. The Morgan fingerprint density at radius 3 is 2.71 bits per heavy atom. The van der Waals surface area contributed by atoms with Crippen LogP contribution in [0.4, 0.5) is 5.82 Å². The van der Waals surface area contributed by atoms with Crippen molar-refractivity contribution in [2.45, 2.75) is 12.0 Å². The van der Waals surface area contributed by atoms with Crippen molar-refractivity contribution >= 4 is 23.9 Å². The summed E-state index contributed by atoms with van der Waals surface area (Å²) >= 11 is 0. The van der Waals surface area contributed by atoms with Crippen LogP contribution in [0, 0.1) is 0 Å². The summed E-state index contributed by atoms with van der Waals surface area (Å²) < 4.78 is 2.01. The third-order valence-electron chi connectivity index (χ3n) is 5.26. The Balaban J connectivity index is 0.000000628. The van der Waals surface area contributed by atoms with Crippen molar-refractivity contribution in [2.24, 2.45) is 5.73 Å². The number of H-pyrrole nitrogens is 1. The summed E-state index contributed by atoms with van der Waals surface area (Å²) in [7, 11) is 2.11. The molecule has 2 atom stereocenters. The van der Waals surface area contributed by atoms with Gasteiger partial charge in [0.2, 0.25) is 0 Å². The highest BCUT2D eigenvalue weighted by molar-refractivity contribution is 5.84. The first-order chi connectivity index (χ1) is 14.9. The van der Waals surface area contributed by atoms with Gasteiger partial charge in [-0.1, -0.05) is 18.7 Å². The van der Waals surface area contributed by atoms with Crippen molar-refractivity contribution in [1.29, 1.82) is 0 Å². The number of para-hydroxylation sites is 1. The van der Waals surface area contributed by atoms with Crippen molar-refractivity contribution in [3.05, 3.63) is 78.3 Å². The number of nitrogens with zero attached hydrogens (tertiary/aromatic N) is 3. The summed E-state index contributed by atoms with van der Waals surface area (Å²) in [5.41, 5.74) is 15.4. The molecule has 31 heavy (non-hydrogen) atoms. The highest BCUT2D eigenvalue weighted by Crippen LogP contribution is 2.36. The van der Waals surface area contributed by atoms with E-state index in [1.807, 2.05) is 29.1 Å². The molecular formula is C23H28N6O2. The lowest BCUT2D eigenvalue weighted by atomic mass is 9.99. The second kappa shape index (κ2) is 9.82. The summed E-state index contributed by atoms with van der Waals surface area (Å²) in [6.45, 7) is 4.96. The molecule has 8 nitrogen and oxygen atoms in total. The monoisotopic (exact) mass is 420 g/mol. The molecule has 3 aromatic rings. The number of nitrogens with two attached hydrogens (primary N) is 2. The van der Waals surface area contributed by atoms with Crippen LogP contribution in [0.15, 0.2) is 61.4 Å². The standard InChI is InChI=1S/C20H24N6O.C3H4O/c1-25-11-15(18(12-25)26-8-4-7-23-26)17-10-13(20(22)24-17)9-16(21)14-5-2-3-6-19(14)27;1-2-3-4/h2-10,15,18,24,27H,11-12,21-22H2,1H3;2-3H,1H2/b16-9-;. The summed E-state index contributed by atoms with van der Waals surface area (Å²) in [6.07, 6.45) is 7.44. The van der Waals surface area contributed by atoms with E-state index in [9.17, 15) is 5.11 Å². The number of aromatic hydroxyl groups is 1. The lowest BCUT2D eigenvalue weighted by molar-refractivity contribution is -0.104. The maximum Gasteiger partial charge on any atom is 0.142 e. The number of nitrogen functional groups attached to an aromatic ring is 1. The van der Waals surface area contributed by atoms with Crippen molar-refractivity contribution in [2.75, 3.05) is 25.9 Å². The predicted molar refractivity (Wildman–Crippen MR) is 123 cm³/mol. The number of aromatic nitrogens is 3. The molecule has 8 heteroatoms. The van der Waals surface area contributed by atoms with E-state index in [1.165, 1.54) is 6.08 Å². The number of anilines is 1. The lowest BCUT2D eigenvalue weighted by Crippen LogP contribution is -2.18. The number of aldehydes is 1. The van der Waals surface area contributed by atoms with E-state index in [-0.39, 0.29) is 17.7 Å². The molecule has 4 rings (SSSR count). The molecule has 1 aliphatic heterocycles. The van der Waals surface area contributed by atoms with Gasteiger partial charge in [-0.25, -0.2) is 0 Å². The van der Waals surface area contributed by atoms with Crippen molar-refractivity contribution < 1.29 is 9.90 Å². The number of hydrogen-bond donors (Lipinski definition) is 4. The Morgan fingerprint density at radius 1 is 1.32 bits per heavy atom. The molecule has 0 saturated carbocycles. The minimum absolute atomic E-state index is 0.150. The minimum Gasteiger partial charge on any atom is -0.507 e. The molecule has 0 spiro atoms. The highest BCUT2D eigenvalue weighted by atomic mass is 16.3. The number of hydrogen-bond acceptors (Lipinski definition) is 6. The van der Waals surface area contributed by atoms with E-state index in [2.05, 4.69) is 28.6 Å². The van der Waals surface area contributed by atoms with Crippen LogP contribution < -0.4 is 11.5 Å². The van der Waals surface area contributed by atoms with Crippen LogP contribution in [-0.2, 0) is 4.79 Å². The van der Waals surface area contributed by atoms with Crippen LogP contribution in [0.5, 0.6) is 5.75 Å². The number of carbonyl (C=O) groups is 1. The Hall–Kier alpha value is -3.78. The molecule has 0 radical (unpaired) electrons. The maximum atomic E-state index is 10.0. The van der Waals surface area contributed by atoms with Gasteiger partial charge < -0.3 is 26.5 Å². The second-order valence-electron chi connectivity index (χ2n) is 7.46.